The van der Waals surface area contributed by atoms with Crippen LogP contribution in [0, 0.1) is 17.8 Å². The molecule has 5 rings (SSSR count). The van der Waals surface area contributed by atoms with Crippen LogP contribution in [0.2, 0.25) is 0 Å². The molecule has 1 amide bonds. The van der Waals surface area contributed by atoms with E-state index < -0.39 is 0 Å². The van der Waals surface area contributed by atoms with E-state index in [1.165, 1.54) is 23.8 Å². The van der Waals surface area contributed by atoms with Crippen molar-refractivity contribution in [2.75, 3.05) is 13.1 Å². The molecule has 3 nitrogen and oxygen atoms in total. The Morgan fingerprint density at radius 2 is 2.00 bits per heavy atom. The van der Waals surface area contributed by atoms with Crippen molar-refractivity contribution < 1.29 is 4.79 Å². The van der Waals surface area contributed by atoms with E-state index in [4.69, 9.17) is 0 Å². The van der Waals surface area contributed by atoms with Gasteiger partial charge in [-0.2, -0.15) is 0 Å². The predicted octanol–water partition coefficient (Wildman–Crippen LogP) is 5.83. The first-order valence-corrected chi connectivity index (χ1v) is 11.2. The Hall–Kier alpha value is -2.33. The molecular formula is C25H25BrN2O. The van der Waals surface area contributed by atoms with Crippen molar-refractivity contribution in [1.29, 1.82) is 0 Å². The van der Waals surface area contributed by atoms with E-state index in [1.54, 1.807) is 0 Å². The first-order chi connectivity index (χ1) is 14.2. The van der Waals surface area contributed by atoms with Gasteiger partial charge in [0, 0.05) is 40.2 Å². The molecule has 29 heavy (non-hydrogen) atoms. The molecular weight excluding hydrogens is 424 g/mol. The smallest absolute Gasteiger partial charge is 0.253 e. The van der Waals surface area contributed by atoms with Crippen LogP contribution in [0.4, 0.5) is 0 Å². The Morgan fingerprint density at radius 1 is 1.10 bits per heavy atom. The molecule has 1 aromatic heterocycles. The Kier molecular flexibility index (Phi) is 5.04. The van der Waals surface area contributed by atoms with Crippen LogP contribution < -0.4 is 0 Å². The van der Waals surface area contributed by atoms with E-state index >= 15 is 0 Å². The number of H-pyrrole nitrogens is 1. The van der Waals surface area contributed by atoms with Gasteiger partial charge in [-0.15, -0.1) is 0 Å². The number of nitrogens with zero attached hydrogens (tertiary/aromatic N) is 1. The summed E-state index contributed by atoms with van der Waals surface area (Å²) in [6, 6.07) is 16.1. The van der Waals surface area contributed by atoms with Crippen molar-refractivity contribution in [2.24, 2.45) is 17.8 Å². The lowest BCUT2D eigenvalue weighted by Crippen LogP contribution is -2.38. The maximum Gasteiger partial charge on any atom is 0.253 e. The minimum absolute atomic E-state index is 0.137. The second-order valence-corrected chi connectivity index (χ2v) is 9.33. The van der Waals surface area contributed by atoms with Gasteiger partial charge in [0.25, 0.3) is 5.91 Å². The normalized spacial score (nSPS) is 22.4. The fourth-order valence-corrected chi connectivity index (χ4v) is 5.46. The van der Waals surface area contributed by atoms with Crippen LogP contribution in [0.25, 0.3) is 10.9 Å². The molecule has 3 aromatic rings. The third kappa shape index (κ3) is 3.78. The van der Waals surface area contributed by atoms with Gasteiger partial charge in [-0.05, 0) is 66.8 Å². The van der Waals surface area contributed by atoms with Crippen molar-refractivity contribution in [3.8, 4) is 0 Å². The molecule has 2 aliphatic rings. The lowest BCUT2D eigenvalue weighted by atomic mass is 9.92. The van der Waals surface area contributed by atoms with E-state index in [0.717, 1.165) is 41.0 Å². The number of carbonyl (C=O) groups is 1. The number of hydrogen-bond donors (Lipinski definition) is 1. The largest absolute Gasteiger partial charge is 0.361 e. The summed E-state index contributed by atoms with van der Waals surface area (Å²) >= 11 is 3.51. The number of fused-ring (bicyclic) bond motifs is 3. The molecule has 1 fully saturated rings. The highest BCUT2D eigenvalue weighted by atomic mass is 79.9. The predicted molar refractivity (Wildman–Crippen MR) is 121 cm³/mol. The Balaban J connectivity index is 1.37. The molecule has 148 valence electrons. The van der Waals surface area contributed by atoms with E-state index in [2.05, 4.69) is 62.4 Å². The number of halogens is 1. The van der Waals surface area contributed by atoms with Crippen LogP contribution in [0.5, 0.6) is 0 Å². The first kappa shape index (κ1) is 18.7. The number of carbonyl (C=O) groups excluding carboxylic acids is 1. The van der Waals surface area contributed by atoms with Gasteiger partial charge in [-0.1, -0.05) is 52.3 Å². The summed E-state index contributed by atoms with van der Waals surface area (Å²) in [5.41, 5.74) is 3.20. The summed E-state index contributed by atoms with van der Waals surface area (Å²) in [5, 5.41) is 1.25. The number of aromatic nitrogens is 1. The zero-order valence-corrected chi connectivity index (χ0v) is 17.9. The Morgan fingerprint density at radius 3 is 2.79 bits per heavy atom. The SMILES string of the molecule is O=C(c1cccc(Br)c1)N(CCc1c[nH]c2ccccc12)CC1CC2C=CC1C2. The minimum atomic E-state index is 0.137. The third-order valence-electron chi connectivity index (χ3n) is 6.56. The average molecular weight is 449 g/mol. The summed E-state index contributed by atoms with van der Waals surface area (Å²) in [7, 11) is 0. The van der Waals surface area contributed by atoms with Crippen LogP contribution in [0.15, 0.2) is 71.4 Å². The third-order valence-corrected chi connectivity index (χ3v) is 7.05. The fraction of sp³-hybridized carbons (Fsp3) is 0.320. The standard InChI is InChI=1S/C25H25BrN2O/c26-22-5-3-4-19(14-22)25(29)28(16-21-13-17-8-9-18(21)12-17)11-10-20-15-27-24-7-2-1-6-23(20)24/h1-9,14-15,17-18,21,27H,10-13,16H2. The van der Waals surface area contributed by atoms with Gasteiger partial charge >= 0.3 is 0 Å². The topological polar surface area (TPSA) is 36.1 Å². The van der Waals surface area contributed by atoms with Gasteiger partial charge in [0.05, 0.1) is 0 Å². The van der Waals surface area contributed by atoms with Crippen molar-refractivity contribution in [3.63, 3.8) is 0 Å². The number of rotatable bonds is 6. The summed E-state index contributed by atoms with van der Waals surface area (Å²) < 4.78 is 0.947. The molecule has 2 bridgehead atoms. The van der Waals surface area contributed by atoms with E-state index in [0.29, 0.717) is 11.8 Å². The average Bonchev–Trinajstić information content (AvgIpc) is 3.46. The number of aromatic amines is 1. The van der Waals surface area contributed by atoms with Crippen LogP contribution in [0.3, 0.4) is 0 Å². The quantitative estimate of drug-likeness (QED) is 0.473. The van der Waals surface area contributed by atoms with Gasteiger partial charge in [-0.25, -0.2) is 0 Å². The molecule has 1 saturated carbocycles. The highest BCUT2D eigenvalue weighted by molar-refractivity contribution is 9.10. The second kappa shape index (κ2) is 7.83. The van der Waals surface area contributed by atoms with Crippen molar-refractivity contribution >= 4 is 32.7 Å². The summed E-state index contributed by atoms with van der Waals surface area (Å²) in [6.07, 6.45) is 10.2. The lowest BCUT2D eigenvalue weighted by molar-refractivity contribution is 0.0721. The highest BCUT2D eigenvalue weighted by Crippen LogP contribution is 2.43. The second-order valence-electron chi connectivity index (χ2n) is 8.41. The first-order valence-electron chi connectivity index (χ1n) is 10.5. The fourth-order valence-electron chi connectivity index (χ4n) is 5.06. The van der Waals surface area contributed by atoms with Gasteiger partial charge in [-0.3, -0.25) is 4.79 Å². The summed E-state index contributed by atoms with van der Waals surface area (Å²) in [4.78, 5) is 18.8. The van der Waals surface area contributed by atoms with Crippen LogP contribution in [-0.4, -0.2) is 28.9 Å². The zero-order chi connectivity index (χ0) is 19.8. The molecule has 4 heteroatoms. The summed E-state index contributed by atoms with van der Waals surface area (Å²) in [6.45, 7) is 1.59. The lowest BCUT2D eigenvalue weighted by Gasteiger charge is -2.29. The van der Waals surface area contributed by atoms with Crippen molar-refractivity contribution in [1.82, 2.24) is 9.88 Å². The van der Waals surface area contributed by atoms with Crippen LogP contribution in [-0.2, 0) is 6.42 Å². The van der Waals surface area contributed by atoms with E-state index in [9.17, 15) is 4.79 Å². The number of para-hydroxylation sites is 1. The van der Waals surface area contributed by atoms with Crippen molar-refractivity contribution in [2.45, 2.75) is 19.3 Å². The molecule has 2 aromatic carbocycles. The van der Waals surface area contributed by atoms with E-state index in [-0.39, 0.29) is 5.91 Å². The Labute approximate surface area is 179 Å². The number of hydrogen-bond acceptors (Lipinski definition) is 1. The van der Waals surface area contributed by atoms with Crippen LogP contribution >= 0.6 is 15.9 Å². The van der Waals surface area contributed by atoms with Gasteiger partial charge in [0.1, 0.15) is 0 Å². The molecule has 3 unspecified atom stereocenters. The minimum Gasteiger partial charge on any atom is -0.361 e. The monoisotopic (exact) mass is 448 g/mol. The van der Waals surface area contributed by atoms with Crippen LogP contribution in [0.1, 0.15) is 28.8 Å². The molecule has 2 aliphatic carbocycles. The molecule has 0 aliphatic heterocycles. The van der Waals surface area contributed by atoms with Crippen molar-refractivity contribution in [3.05, 3.63) is 82.5 Å². The summed E-state index contributed by atoms with van der Waals surface area (Å²) in [5.74, 6) is 2.09. The number of nitrogens with one attached hydrogen (secondary N) is 1. The molecule has 3 atom stereocenters. The van der Waals surface area contributed by atoms with Gasteiger partial charge in [0.15, 0.2) is 0 Å². The Bertz CT molecular complexity index is 1070. The maximum absolute atomic E-state index is 13.4. The highest BCUT2D eigenvalue weighted by Gasteiger charge is 2.37. The maximum atomic E-state index is 13.4. The molecule has 1 N–H and O–H groups in total. The molecule has 0 radical (unpaired) electrons. The molecule has 0 saturated heterocycles. The zero-order valence-electron chi connectivity index (χ0n) is 16.4. The van der Waals surface area contributed by atoms with Gasteiger partial charge in [0.2, 0.25) is 0 Å². The number of amides is 1. The van der Waals surface area contributed by atoms with Gasteiger partial charge < -0.3 is 9.88 Å². The number of benzene rings is 2. The molecule has 0 spiro atoms. The van der Waals surface area contributed by atoms with E-state index in [1.807, 2.05) is 30.3 Å². The molecule has 1 heterocycles. The number of allylic oxidation sites excluding steroid dienone is 2.